The number of carboxylic acid groups (broad SMARTS) is 1. The Kier molecular flexibility index (Phi) is 9.38. The van der Waals surface area contributed by atoms with E-state index in [-0.39, 0.29) is 54.1 Å². The maximum Gasteiger partial charge on any atom is 0.519 e. The van der Waals surface area contributed by atoms with Gasteiger partial charge in [0.05, 0.1) is 36.3 Å². The van der Waals surface area contributed by atoms with E-state index in [4.69, 9.17) is 32.6 Å². The number of aryl methyl sites for hydroxylation is 2. The average Bonchev–Trinajstić information content (AvgIpc) is 3.73. The number of imidazole rings is 1. The van der Waals surface area contributed by atoms with Crippen LogP contribution < -0.4 is 16.4 Å². The van der Waals surface area contributed by atoms with E-state index in [0.717, 1.165) is 16.0 Å². The van der Waals surface area contributed by atoms with Gasteiger partial charge >= 0.3 is 23.7 Å². The van der Waals surface area contributed by atoms with Crippen LogP contribution in [-0.2, 0) is 24.4 Å². The first-order valence-electron chi connectivity index (χ1n) is 15.6. The number of aromatic nitrogens is 2. The molecule has 0 aliphatic heterocycles. The quantitative estimate of drug-likeness (QED) is 0.0961. The van der Waals surface area contributed by atoms with E-state index in [9.17, 15) is 24.3 Å². The van der Waals surface area contributed by atoms with Crippen LogP contribution in [-0.4, -0.2) is 44.1 Å². The molecule has 1 aliphatic rings. The molecule has 2 aromatic carbocycles. The molecule has 0 saturated heterocycles. The molecule has 50 heavy (non-hydrogen) atoms. The number of para-hydroxylation sites is 1. The predicted octanol–water partition coefficient (Wildman–Crippen LogP) is 5.81. The highest BCUT2D eigenvalue weighted by Crippen LogP contribution is 2.32. The van der Waals surface area contributed by atoms with Crippen molar-refractivity contribution in [2.45, 2.75) is 53.3 Å². The molecule has 5 aromatic rings. The van der Waals surface area contributed by atoms with E-state index in [1.807, 2.05) is 43.3 Å². The second-order valence-electron chi connectivity index (χ2n) is 11.3. The van der Waals surface area contributed by atoms with E-state index in [1.54, 1.807) is 22.8 Å². The summed E-state index contributed by atoms with van der Waals surface area (Å²) in [6, 6.07) is 12.9. The molecule has 258 valence electrons. The number of nitrogens with zero attached hydrogens (tertiary/aromatic N) is 3. The van der Waals surface area contributed by atoms with Gasteiger partial charge in [0.2, 0.25) is 0 Å². The summed E-state index contributed by atoms with van der Waals surface area (Å²) in [5.41, 5.74) is 3.92. The molecular formula is C35H32N4O11. The number of carbonyl (C=O) groups is 2. The topological polar surface area (TPSA) is 204 Å². The first-order chi connectivity index (χ1) is 24.0. The number of fused-ring (bicyclic) bond motifs is 1. The fourth-order valence-electron chi connectivity index (χ4n) is 5.63. The number of ether oxygens (including phenoxy) is 2. The Bertz CT molecular complexity index is 2280. The summed E-state index contributed by atoms with van der Waals surface area (Å²) < 4.78 is 32.7. The lowest BCUT2D eigenvalue weighted by molar-refractivity contribution is 0.0444. The Morgan fingerprint density at radius 1 is 0.960 bits per heavy atom. The molecule has 6 rings (SSSR count). The highest BCUT2D eigenvalue weighted by Gasteiger charge is 2.27. The van der Waals surface area contributed by atoms with E-state index >= 15 is 0 Å². The van der Waals surface area contributed by atoms with Crippen molar-refractivity contribution >= 4 is 34.5 Å². The number of amides is 1. The van der Waals surface area contributed by atoms with Gasteiger partial charge in [-0.15, -0.1) is 0 Å². The lowest BCUT2D eigenvalue weighted by Gasteiger charge is -2.24. The van der Waals surface area contributed by atoms with Crippen LogP contribution in [0.25, 0.3) is 16.6 Å². The minimum Gasteiger partial charge on any atom is -0.465 e. The molecule has 0 bridgehead atoms. The highest BCUT2D eigenvalue weighted by atomic mass is 16.6. The SMILES string of the molecule is CCOc1nc2cccc(C(=O)OCc3oc(=O)oc3C)c2n1Cc1ccc(C2=CCCC=C2C(=N)N(Cc2oc(=O)oc2C)C(=O)O)cc1. The largest absolute Gasteiger partial charge is 0.519 e. The Labute approximate surface area is 283 Å². The summed E-state index contributed by atoms with van der Waals surface area (Å²) in [5, 5.41) is 18.8. The molecule has 3 heterocycles. The van der Waals surface area contributed by atoms with Gasteiger partial charge in [-0.25, -0.2) is 19.2 Å². The van der Waals surface area contributed by atoms with Gasteiger partial charge in [-0.3, -0.25) is 14.9 Å². The minimum atomic E-state index is -1.39. The highest BCUT2D eigenvalue weighted by molar-refractivity contribution is 6.14. The van der Waals surface area contributed by atoms with Crippen molar-refractivity contribution < 1.29 is 41.8 Å². The lowest BCUT2D eigenvalue weighted by Crippen LogP contribution is -2.36. The van der Waals surface area contributed by atoms with Crippen LogP contribution in [0.1, 0.15) is 64.3 Å². The van der Waals surface area contributed by atoms with Gasteiger partial charge in [0.1, 0.15) is 11.6 Å². The van der Waals surface area contributed by atoms with Crippen molar-refractivity contribution in [1.29, 1.82) is 5.41 Å². The first kappa shape index (κ1) is 33.5. The van der Waals surface area contributed by atoms with E-state index in [1.165, 1.54) is 13.8 Å². The van der Waals surface area contributed by atoms with E-state index in [0.29, 0.717) is 47.6 Å². The van der Waals surface area contributed by atoms with Crippen LogP contribution >= 0.6 is 0 Å². The van der Waals surface area contributed by atoms with Crippen LogP contribution in [0.3, 0.4) is 0 Å². The normalized spacial score (nSPS) is 12.8. The predicted molar refractivity (Wildman–Crippen MR) is 176 cm³/mol. The minimum absolute atomic E-state index is 0.0183. The smallest absolute Gasteiger partial charge is 0.465 e. The third kappa shape index (κ3) is 6.78. The Balaban J connectivity index is 1.26. The second-order valence-corrected chi connectivity index (χ2v) is 11.3. The van der Waals surface area contributed by atoms with Crippen molar-refractivity contribution in [3.05, 3.63) is 121 Å². The summed E-state index contributed by atoms with van der Waals surface area (Å²) in [7, 11) is 0. The number of nitrogens with one attached hydrogen (secondary N) is 1. The number of benzene rings is 2. The van der Waals surface area contributed by atoms with Crippen molar-refractivity contribution in [3.8, 4) is 6.01 Å². The summed E-state index contributed by atoms with van der Waals surface area (Å²) in [6.07, 6.45) is 3.69. The number of rotatable bonds is 11. The zero-order valence-electron chi connectivity index (χ0n) is 27.3. The molecule has 0 saturated carbocycles. The Hall–Kier alpha value is -6.38. The maximum atomic E-state index is 13.3. The monoisotopic (exact) mass is 684 g/mol. The molecule has 0 radical (unpaired) electrons. The van der Waals surface area contributed by atoms with Crippen LogP contribution in [0.4, 0.5) is 4.79 Å². The molecule has 0 unspecified atom stereocenters. The summed E-state index contributed by atoms with van der Waals surface area (Å²) >= 11 is 0. The Morgan fingerprint density at radius 3 is 2.28 bits per heavy atom. The van der Waals surface area contributed by atoms with Crippen molar-refractivity contribution in [3.63, 3.8) is 0 Å². The number of amidine groups is 1. The number of esters is 1. The van der Waals surface area contributed by atoms with Crippen molar-refractivity contribution in [1.82, 2.24) is 14.5 Å². The molecule has 0 spiro atoms. The van der Waals surface area contributed by atoms with Gasteiger partial charge in [0.15, 0.2) is 23.9 Å². The number of hydrogen-bond donors (Lipinski definition) is 2. The molecule has 2 N–H and O–H groups in total. The van der Waals surface area contributed by atoms with Crippen LogP contribution in [0.5, 0.6) is 6.01 Å². The van der Waals surface area contributed by atoms with Crippen molar-refractivity contribution in [2.75, 3.05) is 6.61 Å². The lowest BCUT2D eigenvalue weighted by atomic mass is 9.90. The molecule has 0 atom stereocenters. The zero-order chi connectivity index (χ0) is 35.5. The van der Waals surface area contributed by atoms with Crippen LogP contribution in [0, 0.1) is 19.3 Å². The Morgan fingerprint density at radius 2 is 1.64 bits per heavy atom. The molecule has 0 fully saturated rings. The van der Waals surface area contributed by atoms with Crippen LogP contribution in [0.2, 0.25) is 0 Å². The van der Waals surface area contributed by atoms with Gasteiger partial charge in [-0.2, -0.15) is 4.98 Å². The van der Waals surface area contributed by atoms with E-state index < -0.39 is 23.7 Å². The number of carbonyl (C=O) groups excluding carboxylic acids is 1. The molecule has 15 nitrogen and oxygen atoms in total. The third-order valence-corrected chi connectivity index (χ3v) is 8.05. The van der Waals surface area contributed by atoms with Crippen LogP contribution in [0.15, 0.2) is 87.4 Å². The number of allylic oxidation sites excluding steroid dienone is 2. The van der Waals surface area contributed by atoms with Gasteiger partial charge in [-0.1, -0.05) is 42.5 Å². The van der Waals surface area contributed by atoms with Gasteiger partial charge in [0.25, 0.3) is 6.01 Å². The molecule has 1 amide bonds. The molecule has 1 aliphatic carbocycles. The number of hydrogen-bond acceptors (Lipinski definition) is 12. The standard InChI is InChI=1S/C35H32N4O11/c1-4-45-32-37-26-11-7-10-25(31(40)46-18-28-20(3)48-35(44)50-28)29(26)38(32)16-21-12-14-22(15-13-21)23-8-5-6-9-24(23)30(36)39(33(41)42)17-27-19(2)47-34(43)49-27/h7-15,36H,4-6,16-18H2,1-3H3,(H,41,42). The second kappa shape index (κ2) is 14.0. The molecule has 3 aromatic heterocycles. The van der Waals surface area contributed by atoms with Gasteiger partial charge in [-0.05, 0) is 62.4 Å². The molecule has 15 heteroatoms. The van der Waals surface area contributed by atoms with Gasteiger partial charge < -0.3 is 32.2 Å². The summed E-state index contributed by atoms with van der Waals surface area (Å²) in [4.78, 5) is 53.8. The third-order valence-electron chi connectivity index (χ3n) is 8.05. The molecular weight excluding hydrogens is 652 g/mol. The van der Waals surface area contributed by atoms with Crippen molar-refractivity contribution in [2.24, 2.45) is 0 Å². The fraction of sp³-hybridized carbons (Fsp3) is 0.257. The first-order valence-corrected chi connectivity index (χ1v) is 15.6. The van der Waals surface area contributed by atoms with E-state index in [2.05, 4.69) is 4.98 Å². The maximum absolute atomic E-state index is 13.3. The fourth-order valence-corrected chi connectivity index (χ4v) is 5.63. The summed E-state index contributed by atoms with van der Waals surface area (Å²) in [6.45, 7) is 4.78. The zero-order valence-corrected chi connectivity index (χ0v) is 27.3. The van der Waals surface area contributed by atoms with Gasteiger partial charge in [0, 0.05) is 5.57 Å². The average molecular weight is 685 g/mol. The summed E-state index contributed by atoms with van der Waals surface area (Å²) in [5.74, 6) is -2.28.